The van der Waals surface area contributed by atoms with Crippen LogP contribution in [-0.4, -0.2) is 16.1 Å². The first-order valence-electron chi connectivity index (χ1n) is 5.79. The standard InChI is InChI=1S/C14H14N2O3/c1-9(10-5-3-2-4-6-10)19-13-11(15)7-8-12(16-13)14(17)18/h2-9H,15H2,1H3,(H,17,18). The molecule has 2 rings (SSSR count). The molecule has 1 unspecified atom stereocenters. The first-order chi connectivity index (χ1) is 9.08. The zero-order valence-corrected chi connectivity index (χ0v) is 10.4. The average Bonchev–Trinajstić information content (AvgIpc) is 2.42. The fourth-order valence-corrected chi connectivity index (χ4v) is 1.62. The summed E-state index contributed by atoms with van der Waals surface area (Å²) in [7, 11) is 0. The highest BCUT2D eigenvalue weighted by atomic mass is 16.5. The molecule has 0 saturated carbocycles. The van der Waals surface area contributed by atoms with Gasteiger partial charge in [0.15, 0.2) is 5.69 Å². The summed E-state index contributed by atoms with van der Waals surface area (Å²) in [5, 5.41) is 8.89. The molecule has 2 aromatic rings. The highest BCUT2D eigenvalue weighted by Gasteiger charge is 2.13. The van der Waals surface area contributed by atoms with Gasteiger partial charge in [0.1, 0.15) is 6.10 Å². The molecule has 0 spiro atoms. The third kappa shape index (κ3) is 3.01. The van der Waals surface area contributed by atoms with Crippen LogP contribution in [0, 0.1) is 0 Å². The molecular weight excluding hydrogens is 244 g/mol. The molecule has 5 nitrogen and oxygen atoms in total. The Morgan fingerprint density at radius 3 is 2.58 bits per heavy atom. The summed E-state index contributed by atoms with van der Waals surface area (Å²) in [6.07, 6.45) is -0.264. The number of rotatable bonds is 4. The number of carboxylic acid groups (broad SMARTS) is 1. The van der Waals surface area contributed by atoms with Crippen molar-refractivity contribution in [2.24, 2.45) is 0 Å². The smallest absolute Gasteiger partial charge is 0.354 e. The van der Waals surface area contributed by atoms with Crippen LogP contribution < -0.4 is 10.5 Å². The molecule has 1 atom stereocenters. The van der Waals surface area contributed by atoms with Gasteiger partial charge >= 0.3 is 5.97 Å². The summed E-state index contributed by atoms with van der Waals surface area (Å²) in [4.78, 5) is 14.8. The Bertz CT molecular complexity index is 584. The number of ether oxygens (including phenoxy) is 1. The molecule has 0 aliphatic heterocycles. The van der Waals surface area contributed by atoms with Crippen LogP contribution in [0.1, 0.15) is 29.1 Å². The van der Waals surface area contributed by atoms with Crippen molar-refractivity contribution in [3.8, 4) is 5.88 Å². The summed E-state index contributed by atoms with van der Waals surface area (Å²) in [6.45, 7) is 1.85. The van der Waals surface area contributed by atoms with E-state index in [4.69, 9.17) is 15.6 Å². The second-order valence-electron chi connectivity index (χ2n) is 4.07. The SMILES string of the molecule is CC(Oc1nc(C(=O)O)ccc1N)c1ccccc1. The van der Waals surface area contributed by atoms with E-state index in [-0.39, 0.29) is 17.7 Å². The van der Waals surface area contributed by atoms with Crippen molar-refractivity contribution in [3.05, 3.63) is 53.7 Å². The quantitative estimate of drug-likeness (QED) is 0.880. The predicted octanol–water partition coefficient (Wildman–Crippen LogP) is 2.50. The van der Waals surface area contributed by atoms with Gasteiger partial charge < -0.3 is 15.6 Å². The molecule has 0 fully saturated rings. The summed E-state index contributed by atoms with van der Waals surface area (Å²) < 4.78 is 5.62. The van der Waals surface area contributed by atoms with Crippen LogP contribution in [0.4, 0.5) is 5.69 Å². The number of carbonyl (C=O) groups is 1. The molecule has 0 saturated heterocycles. The number of aromatic nitrogens is 1. The van der Waals surface area contributed by atoms with Crippen molar-refractivity contribution >= 4 is 11.7 Å². The summed E-state index contributed by atoms with van der Waals surface area (Å²) in [5.74, 6) is -0.978. The maximum atomic E-state index is 10.9. The largest absolute Gasteiger partial charge is 0.477 e. The molecular formula is C14H14N2O3. The van der Waals surface area contributed by atoms with Crippen LogP contribution in [0.25, 0.3) is 0 Å². The first-order valence-corrected chi connectivity index (χ1v) is 5.79. The van der Waals surface area contributed by atoms with Crippen molar-refractivity contribution in [3.63, 3.8) is 0 Å². The second-order valence-corrected chi connectivity index (χ2v) is 4.07. The van der Waals surface area contributed by atoms with Gasteiger partial charge in [0.05, 0.1) is 5.69 Å². The molecule has 1 heterocycles. The van der Waals surface area contributed by atoms with Crippen LogP contribution in [0.3, 0.4) is 0 Å². The van der Waals surface area contributed by atoms with Crippen molar-refractivity contribution in [1.29, 1.82) is 0 Å². The van der Waals surface area contributed by atoms with Crippen LogP contribution in [0.15, 0.2) is 42.5 Å². The number of aromatic carboxylic acids is 1. The van der Waals surface area contributed by atoms with E-state index in [9.17, 15) is 4.79 Å². The van der Waals surface area contributed by atoms with Gasteiger partial charge in [0, 0.05) is 0 Å². The second kappa shape index (κ2) is 5.39. The van der Waals surface area contributed by atoms with Crippen molar-refractivity contribution in [1.82, 2.24) is 4.98 Å². The number of benzene rings is 1. The van der Waals surface area contributed by atoms with E-state index in [1.54, 1.807) is 0 Å². The zero-order chi connectivity index (χ0) is 13.8. The Labute approximate surface area is 110 Å². The molecule has 0 aliphatic carbocycles. The minimum Gasteiger partial charge on any atom is -0.477 e. The van der Waals surface area contributed by atoms with Crippen molar-refractivity contribution < 1.29 is 14.6 Å². The number of anilines is 1. The van der Waals surface area contributed by atoms with Crippen LogP contribution in [0.2, 0.25) is 0 Å². The molecule has 5 heteroatoms. The van der Waals surface area contributed by atoms with Crippen molar-refractivity contribution in [2.45, 2.75) is 13.0 Å². The van der Waals surface area contributed by atoms with E-state index in [1.165, 1.54) is 12.1 Å². The molecule has 0 aliphatic rings. The Kier molecular flexibility index (Phi) is 3.66. The monoisotopic (exact) mass is 258 g/mol. The van der Waals surface area contributed by atoms with Gasteiger partial charge in [-0.15, -0.1) is 0 Å². The molecule has 0 bridgehead atoms. The number of hydrogen-bond donors (Lipinski definition) is 2. The Morgan fingerprint density at radius 1 is 1.26 bits per heavy atom. The lowest BCUT2D eigenvalue weighted by molar-refractivity contribution is 0.0688. The lowest BCUT2D eigenvalue weighted by Gasteiger charge is -2.15. The number of carboxylic acids is 1. The molecule has 0 radical (unpaired) electrons. The molecule has 3 N–H and O–H groups in total. The number of nitrogen functional groups attached to an aromatic ring is 1. The van der Waals surface area contributed by atoms with Gasteiger partial charge in [-0.05, 0) is 24.6 Å². The lowest BCUT2D eigenvalue weighted by atomic mass is 10.1. The summed E-state index contributed by atoms with van der Waals surface area (Å²) in [6, 6.07) is 12.4. The van der Waals surface area contributed by atoms with Crippen LogP contribution in [0.5, 0.6) is 5.88 Å². The molecule has 1 aromatic carbocycles. The van der Waals surface area contributed by atoms with Gasteiger partial charge in [-0.1, -0.05) is 30.3 Å². The number of hydrogen-bond acceptors (Lipinski definition) is 4. The third-order valence-electron chi connectivity index (χ3n) is 2.67. The molecule has 98 valence electrons. The van der Waals surface area contributed by atoms with Gasteiger partial charge in [-0.2, -0.15) is 0 Å². The number of nitrogens with zero attached hydrogens (tertiary/aromatic N) is 1. The zero-order valence-electron chi connectivity index (χ0n) is 10.4. The van der Waals surface area contributed by atoms with E-state index in [0.717, 1.165) is 5.56 Å². The summed E-state index contributed by atoms with van der Waals surface area (Å²) >= 11 is 0. The Hall–Kier alpha value is -2.56. The number of nitrogens with two attached hydrogens (primary N) is 1. The van der Waals surface area contributed by atoms with E-state index in [1.807, 2.05) is 37.3 Å². The Balaban J connectivity index is 2.23. The van der Waals surface area contributed by atoms with E-state index in [2.05, 4.69) is 4.98 Å². The minimum absolute atomic E-state index is 0.0931. The maximum absolute atomic E-state index is 10.9. The van der Waals surface area contributed by atoms with Gasteiger partial charge in [0.25, 0.3) is 0 Å². The van der Waals surface area contributed by atoms with Gasteiger partial charge in [-0.3, -0.25) is 0 Å². The normalized spacial score (nSPS) is 11.8. The molecule has 19 heavy (non-hydrogen) atoms. The van der Waals surface area contributed by atoms with Crippen LogP contribution in [-0.2, 0) is 0 Å². The predicted molar refractivity (Wildman–Crippen MR) is 71.1 cm³/mol. The van der Waals surface area contributed by atoms with Gasteiger partial charge in [-0.25, -0.2) is 9.78 Å². The van der Waals surface area contributed by atoms with Crippen LogP contribution >= 0.6 is 0 Å². The van der Waals surface area contributed by atoms with Gasteiger partial charge in [0.2, 0.25) is 5.88 Å². The minimum atomic E-state index is -1.11. The maximum Gasteiger partial charge on any atom is 0.354 e. The highest BCUT2D eigenvalue weighted by Crippen LogP contribution is 2.25. The third-order valence-corrected chi connectivity index (χ3v) is 2.67. The fourth-order valence-electron chi connectivity index (χ4n) is 1.62. The first kappa shape index (κ1) is 12.9. The Morgan fingerprint density at radius 2 is 1.95 bits per heavy atom. The van der Waals surface area contributed by atoms with E-state index >= 15 is 0 Å². The van der Waals surface area contributed by atoms with E-state index < -0.39 is 5.97 Å². The molecule has 0 amide bonds. The molecule has 1 aromatic heterocycles. The highest BCUT2D eigenvalue weighted by molar-refractivity contribution is 5.86. The van der Waals surface area contributed by atoms with Crippen molar-refractivity contribution in [2.75, 3.05) is 5.73 Å². The number of pyridine rings is 1. The fraction of sp³-hybridized carbons (Fsp3) is 0.143. The lowest BCUT2D eigenvalue weighted by Crippen LogP contribution is -2.09. The topological polar surface area (TPSA) is 85.4 Å². The summed E-state index contributed by atoms with van der Waals surface area (Å²) in [5.41, 5.74) is 6.92. The average molecular weight is 258 g/mol. The van der Waals surface area contributed by atoms with E-state index in [0.29, 0.717) is 5.69 Å².